The SMILES string of the molecule is CC(CC(=O)Nc1ccccn1)=NNC(=O)c1ccc([N+](=O)[O-])cc1. The normalized spacial score (nSPS) is 10.8. The quantitative estimate of drug-likeness (QED) is 0.473. The Morgan fingerprint density at radius 2 is 1.92 bits per heavy atom. The molecule has 2 N–H and O–H groups in total. The van der Waals surface area contributed by atoms with Gasteiger partial charge in [0.25, 0.3) is 11.6 Å². The molecule has 2 rings (SSSR count). The molecule has 128 valence electrons. The minimum absolute atomic E-state index is 0.0168. The molecule has 0 unspecified atom stereocenters. The molecule has 0 spiro atoms. The van der Waals surface area contributed by atoms with Crippen LogP contribution in [0.5, 0.6) is 0 Å². The van der Waals surface area contributed by atoms with Crippen molar-refractivity contribution in [3.8, 4) is 0 Å². The van der Waals surface area contributed by atoms with E-state index in [2.05, 4.69) is 20.8 Å². The predicted octanol–water partition coefficient (Wildman–Crippen LogP) is 2.12. The minimum atomic E-state index is -0.551. The number of nitro groups is 1. The van der Waals surface area contributed by atoms with Crippen molar-refractivity contribution in [2.45, 2.75) is 13.3 Å². The lowest BCUT2D eigenvalue weighted by molar-refractivity contribution is -0.384. The van der Waals surface area contributed by atoms with E-state index in [9.17, 15) is 19.7 Å². The van der Waals surface area contributed by atoms with Gasteiger partial charge in [0.05, 0.1) is 11.3 Å². The first-order valence-corrected chi connectivity index (χ1v) is 7.24. The molecule has 0 atom stereocenters. The summed E-state index contributed by atoms with van der Waals surface area (Å²) in [5.74, 6) is -0.417. The molecule has 0 fully saturated rings. The Bertz CT molecular complexity index is 803. The van der Waals surface area contributed by atoms with Gasteiger partial charge in [-0.3, -0.25) is 19.7 Å². The first-order chi connectivity index (χ1) is 12.0. The molecule has 9 nitrogen and oxygen atoms in total. The summed E-state index contributed by atoms with van der Waals surface area (Å²) < 4.78 is 0. The molecule has 2 aromatic rings. The number of carbonyl (C=O) groups is 2. The third kappa shape index (κ3) is 5.50. The average Bonchev–Trinajstić information content (AvgIpc) is 2.60. The highest BCUT2D eigenvalue weighted by atomic mass is 16.6. The summed E-state index contributed by atoms with van der Waals surface area (Å²) in [5, 5.41) is 17.0. The number of carbonyl (C=O) groups excluding carboxylic acids is 2. The van der Waals surface area contributed by atoms with Gasteiger partial charge in [-0.2, -0.15) is 5.10 Å². The number of aromatic nitrogens is 1. The van der Waals surface area contributed by atoms with E-state index in [1.54, 1.807) is 31.3 Å². The van der Waals surface area contributed by atoms with E-state index in [0.717, 1.165) is 0 Å². The van der Waals surface area contributed by atoms with Crippen molar-refractivity contribution in [3.63, 3.8) is 0 Å². The van der Waals surface area contributed by atoms with Crippen molar-refractivity contribution >= 4 is 29.0 Å². The zero-order valence-electron chi connectivity index (χ0n) is 13.3. The van der Waals surface area contributed by atoms with Crippen molar-refractivity contribution < 1.29 is 14.5 Å². The number of hydrazone groups is 1. The lowest BCUT2D eigenvalue weighted by Gasteiger charge is -2.04. The summed E-state index contributed by atoms with van der Waals surface area (Å²) in [5.41, 5.74) is 2.81. The van der Waals surface area contributed by atoms with E-state index < -0.39 is 10.8 Å². The number of non-ortho nitro benzene ring substituents is 1. The van der Waals surface area contributed by atoms with E-state index in [-0.39, 0.29) is 23.6 Å². The summed E-state index contributed by atoms with van der Waals surface area (Å²) >= 11 is 0. The fourth-order valence-electron chi connectivity index (χ4n) is 1.84. The van der Waals surface area contributed by atoms with Crippen LogP contribution in [0.15, 0.2) is 53.8 Å². The van der Waals surface area contributed by atoms with E-state index in [1.165, 1.54) is 24.3 Å². The number of hydrogen-bond acceptors (Lipinski definition) is 6. The number of anilines is 1. The lowest BCUT2D eigenvalue weighted by Crippen LogP contribution is -2.21. The molecule has 0 aliphatic heterocycles. The number of hydrogen-bond donors (Lipinski definition) is 2. The van der Waals surface area contributed by atoms with Crippen LogP contribution in [0.2, 0.25) is 0 Å². The van der Waals surface area contributed by atoms with Crippen LogP contribution in [0.1, 0.15) is 23.7 Å². The summed E-state index contributed by atoms with van der Waals surface area (Å²) in [6, 6.07) is 10.2. The van der Waals surface area contributed by atoms with Gasteiger partial charge in [-0.15, -0.1) is 0 Å². The average molecular weight is 341 g/mol. The Morgan fingerprint density at radius 3 is 2.52 bits per heavy atom. The van der Waals surface area contributed by atoms with Crippen LogP contribution < -0.4 is 10.7 Å². The van der Waals surface area contributed by atoms with Crippen LogP contribution in [0.3, 0.4) is 0 Å². The van der Waals surface area contributed by atoms with Crippen LogP contribution in [-0.2, 0) is 4.79 Å². The van der Waals surface area contributed by atoms with Crippen LogP contribution in [0.25, 0.3) is 0 Å². The Kier molecular flexibility index (Phi) is 5.88. The Balaban J connectivity index is 1.88. The summed E-state index contributed by atoms with van der Waals surface area (Å²) in [4.78, 5) is 37.7. The van der Waals surface area contributed by atoms with Crippen molar-refractivity contribution in [3.05, 3.63) is 64.3 Å². The van der Waals surface area contributed by atoms with Gasteiger partial charge in [-0.1, -0.05) is 6.07 Å². The maximum atomic E-state index is 11.9. The maximum absolute atomic E-state index is 11.9. The van der Waals surface area contributed by atoms with Crippen molar-refractivity contribution in [1.82, 2.24) is 10.4 Å². The van der Waals surface area contributed by atoms with Gasteiger partial charge in [0, 0.05) is 29.6 Å². The first-order valence-electron chi connectivity index (χ1n) is 7.24. The van der Waals surface area contributed by atoms with Crippen molar-refractivity contribution in [1.29, 1.82) is 0 Å². The van der Waals surface area contributed by atoms with Gasteiger partial charge in [0.1, 0.15) is 5.82 Å². The molecule has 0 saturated carbocycles. The third-order valence-corrected chi connectivity index (χ3v) is 3.04. The summed E-state index contributed by atoms with van der Waals surface area (Å²) in [6.07, 6.45) is 1.54. The second-order valence-corrected chi connectivity index (χ2v) is 5.03. The highest BCUT2D eigenvalue weighted by molar-refractivity contribution is 6.05. The summed E-state index contributed by atoms with van der Waals surface area (Å²) in [7, 11) is 0. The van der Waals surface area contributed by atoms with Crippen LogP contribution in [-0.4, -0.2) is 27.4 Å². The van der Waals surface area contributed by atoms with Crippen molar-refractivity contribution in [2.75, 3.05) is 5.32 Å². The molecule has 9 heteroatoms. The minimum Gasteiger partial charge on any atom is -0.310 e. The smallest absolute Gasteiger partial charge is 0.271 e. The van der Waals surface area contributed by atoms with Gasteiger partial charge in [-0.25, -0.2) is 10.4 Å². The highest BCUT2D eigenvalue weighted by Crippen LogP contribution is 2.11. The fourth-order valence-corrected chi connectivity index (χ4v) is 1.84. The van der Waals surface area contributed by atoms with Crippen LogP contribution in [0, 0.1) is 10.1 Å². The number of nitrogens with one attached hydrogen (secondary N) is 2. The lowest BCUT2D eigenvalue weighted by atomic mass is 10.2. The second kappa shape index (κ2) is 8.29. The Morgan fingerprint density at radius 1 is 1.20 bits per heavy atom. The summed E-state index contributed by atoms with van der Waals surface area (Å²) in [6.45, 7) is 1.59. The topological polar surface area (TPSA) is 127 Å². The van der Waals surface area contributed by atoms with Gasteiger partial charge in [0.15, 0.2) is 0 Å². The molecule has 1 aromatic heterocycles. The number of amides is 2. The fraction of sp³-hybridized carbons (Fsp3) is 0.125. The molecule has 25 heavy (non-hydrogen) atoms. The number of nitrogens with zero attached hydrogens (tertiary/aromatic N) is 3. The van der Waals surface area contributed by atoms with Gasteiger partial charge >= 0.3 is 0 Å². The monoisotopic (exact) mass is 341 g/mol. The number of rotatable bonds is 6. The van der Waals surface area contributed by atoms with E-state index in [4.69, 9.17) is 0 Å². The van der Waals surface area contributed by atoms with Gasteiger partial charge < -0.3 is 5.32 Å². The van der Waals surface area contributed by atoms with Crippen LogP contribution >= 0.6 is 0 Å². The zero-order valence-corrected chi connectivity index (χ0v) is 13.3. The highest BCUT2D eigenvalue weighted by Gasteiger charge is 2.10. The molecular formula is C16H15N5O4. The van der Waals surface area contributed by atoms with E-state index >= 15 is 0 Å². The molecule has 1 heterocycles. The number of pyridine rings is 1. The molecule has 0 saturated heterocycles. The molecule has 2 amide bonds. The number of benzene rings is 1. The largest absolute Gasteiger partial charge is 0.310 e. The third-order valence-electron chi connectivity index (χ3n) is 3.04. The zero-order chi connectivity index (χ0) is 18.2. The van der Waals surface area contributed by atoms with E-state index in [1.807, 2.05) is 0 Å². The molecule has 0 aliphatic carbocycles. The maximum Gasteiger partial charge on any atom is 0.271 e. The van der Waals surface area contributed by atoms with Crippen LogP contribution in [0.4, 0.5) is 11.5 Å². The second-order valence-electron chi connectivity index (χ2n) is 5.03. The van der Waals surface area contributed by atoms with Gasteiger partial charge in [-0.05, 0) is 31.2 Å². The molecular weight excluding hydrogens is 326 g/mol. The number of nitro benzene ring substituents is 1. The molecule has 0 bridgehead atoms. The first kappa shape index (κ1) is 17.7. The Labute approximate surface area is 142 Å². The predicted molar refractivity (Wildman–Crippen MR) is 91.2 cm³/mol. The van der Waals surface area contributed by atoms with E-state index in [0.29, 0.717) is 11.5 Å². The standard InChI is InChI=1S/C16H15N5O4/c1-11(10-15(22)18-14-4-2-3-9-17-14)19-20-16(23)12-5-7-13(8-6-12)21(24)25/h2-9H,10H2,1H3,(H,20,23)(H,17,18,22). The Hall–Kier alpha value is -3.62. The van der Waals surface area contributed by atoms with Crippen molar-refractivity contribution in [2.24, 2.45) is 5.10 Å². The molecule has 0 aliphatic rings. The molecule has 0 radical (unpaired) electrons. The van der Waals surface area contributed by atoms with Gasteiger partial charge in [0.2, 0.25) is 5.91 Å². The molecule has 1 aromatic carbocycles.